The molecule has 2 atom stereocenters. The van der Waals surface area contributed by atoms with Crippen LogP contribution in [0.4, 0.5) is 5.82 Å². The number of carbonyl (C=O) groups excluding carboxylic acids is 1. The van der Waals surface area contributed by atoms with Crippen molar-refractivity contribution in [3.05, 3.63) is 83.7 Å². The fourth-order valence-corrected chi connectivity index (χ4v) is 4.36. The Labute approximate surface area is 245 Å². The summed E-state index contributed by atoms with van der Waals surface area (Å²) in [6.07, 6.45) is 1.65. The normalized spacial score (nSPS) is 23.2. The molecule has 0 saturated carbocycles. The first kappa shape index (κ1) is 29.0. The van der Waals surface area contributed by atoms with Crippen molar-refractivity contribution in [3.63, 3.8) is 0 Å². The van der Waals surface area contributed by atoms with Crippen molar-refractivity contribution < 1.29 is 19.7 Å². The highest BCUT2D eigenvalue weighted by atomic mass is 16.7. The molecule has 1 aromatic carbocycles. The molecule has 190 valence electrons. The number of rotatable bonds is 5. The molecular formula is C26H19B6N5O4. The Bertz CT molecular complexity index is 1610. The van der Waals surface area contributed by atoms with Crippen molar-refractivity contribution in [2.45, 2.75) is 35.5 Å². The first-order chi connectivity index (χ1) is 19.1. The van der Waals surface area contributed by atoms with Crippen LogP contribution in [-0.2, 0) is 11.3 Å². The van der Waals surface area contributed by atoms with E-state index in [9.17, 15) is 15.0 Å². The molecule has 2 unspecified atom stereocenters. The van der Waals surface area contributed by atoms with Gasteiger partial charge < -0.3 is 25.2 Å². The highest BCUT2D eigenvalue weighted by molar-refractivity contribution is 6.56. The summed E-state index contributed by atoms with van der Waals surface area (Å²) in [5, 5.41) is 20.1. The molecule has 4 aromatic rings. The SMILES string of the molecule is [B]C1([B])OC([B])(O)C([B])(O)N(c2cccc(-c3ccc4cnc(CNC(=O)c5ccc(C)cc5)cc4n3)n2)C1([B])[B]. The van der Waals surface area contributed by atoms with Crippen molar-refractivity contribution in [2.75, 3.05) is 4.90 Å². The quantitative estimate of drug-likeness (QED) is 0.292. The molecule has 1 amide bonds. The van der Waals surface area contributed by atoms with Gasteiger partial charge in [-0.3, -0.25) is 9.78 Å². The van der Waals surface area contributed by atoms with Crippen LogP contribution in [-0.4, -0.2) is 100 Å². The fraction of sp³-hybridized carbons (Fsp3) is 0.231. The number of ether oxygens (including phenoxy) is 1. The molecule has 1 fully saturated rings. The number of anilines is 1. The van der Waals surface area contributed by atoms with E-state index in [1.807, 2.05) is 19.1 Å². The van der Waals surface area contributed by atoms with Crippen molar-refractivity contribution in [2.24, 2.45) is 0 Å². The summed E-state index contributed by atoms with van der Waals surface area (Å²) in [5.41, 5.74) is -2.40. The molecule has 1 aliphatic rings. The van der Waals surface area contributed by atoms with Gasteiger partial charge in [-0.15, -0.1) is 0 Å². The number of nitrogens with zero attached hydrogens (tertiary/aromatic N) is 4. The maximum Gasteiger partial charge on any atom is 0.251 e. The van der Waals surface area contributed by atoms with Crippen LogP contribution in [0.15, 0.2) is 66.9 Å². The minimum Gasteiger partial charge on any atom is -0.376 e. The smallest absolute Gasteiger partial charge is 0.251 e. The van der Waals surface area contributed by atoms with Gasteiger partial charge in [-0.1, -0.05) is 23.8 Å². The zero-order valence-corrected chi connectivity index (χ0v) is 22.0. The van der Waals surface area contributed by atoms with Crippen LogP contribution >= 0.6 is 0 Å². The number of fused-ring (bicyclic) bond motifs is 1. The van der Waals surface area contributed by atoms with Crippen LogP contribution < -0.4 is 10.2 Å². The average molecular weight is 530 g/mol. The van der Waals surface area contributed by atoms with Crippen molar-refractivity contribution >= 4 is 69.7 Å². The zero-order valence-electron chi connectivity index (χ0n) is 22.0. The van der Waals surface area contributed by atoms with Gasteiger partial charge in [0.15, 0.2) is 21.4 Å². The Morgan fingerprint density at radius 1 is 0.951 bits per heavy atom. The largest absolute Gasteiger partial charge is 0.376 e. The van der Waals surface area contributed by atoms with E-state index in [1.54, 1.807) is 48.7 Å². The summed E-state index contributed by atoms with van der Waals surface area (Å²) >= 11 is 0. The topological polar surface area (TPSA) is 121 Å². The minimum absolute atomic E-state index is 0.138. The highest BCUT2D eigenvalue weighted by Crippen LogP contribution is 2.42. The van der Waals surface area contributed by atoms with Gasteiger partial charge in [0.1, 0.15) is 27.1 Å². The zero-order chi connectivity index (χ0) is 29.8. The number of amides is 1. The summed E-state index contributed by atoms with van der Waals surface area (Å²) in [4.78, 5) is 26.7. The number of hydrogen-bond acceptors (Lipinski definition) is 8. The molecule has 0 aliphatic carbocycles. The molecule has 12 radical (unpaired) electrons. The number of pyridine rings is 3. The third-order valence-electron chi connectivity index (χ3n) is 6.79. The summed E-state index contributed by atoms with van der Waals surface area (Å²) in [6.45, 7) is 2.13. The van der Waals surface area contributed by atoms with Crippen LogP contribution in [0, 0.1) is 6.92 Å². The van der Waals surface area contributed by atoms with E-state index in [4.69, 9.17) is 51.8 Å². The number of morpholine rings is 1. The lowest BCUT2D eigenvalue weighted by Gasteiger charge is -2.67. The molecule has 3 N–H and O–H groups in total. The number of aryl methyl sites for hydroxylation is 1. The van der Waals surface area contributed by atoms with Gasteiger partial charge >= 0.3 is 0 Å². The monoisotopic (exact) mass is 531 g/mol. The summed E-state index contributed by atoms with van der Waals surface area (Å²) in [7, 11) is 35.6. The summed E-state index contributed by atoms with van der Waals surface area (Å²) < 4.78 is 4.93. The fourth-order valence-electron chi connectivity index (χ4n) is 4.36. The van der Waals surface area contributed by atoms with E-state index in [2.05, 4.69) is 20.3 Å². The van der Waals surface area contributed by atoms with Crippen molar-refractivity contribution in [3.8, 4) is 11.4 Å². The molecule has 0 bridgehead atoms. The number of aliphatic hydroxyl groups is 2. The number of aromatic nitrogens is 3. The standard InChI is InChI=1S/C26H19B6N5O4/c1-14-5-7-15(8-6-14)22(38)34-13-17-11-20-16(12-33-17)9-10-19(35-20)18-3-2-4-21(36-18)37-23(27,28)24(29,30)41-26(32,40)25(37,31)39/h2-12,39-40H,13H2,1H3,(H,34,38). The van der Waals surface area contributed by atoms with Crippen LogP contribution in [0.2, 0.25) is 0 Å². The van der Waals surface area contributed by atoms with Gasteiger partial charge in [-0.25, -0.2) is 9.97 Å². The lowest BCUT2D eigenvalue weighted by atomic mass is 9.37. The minimum atomic E-state index is -2.99. The summed E-state index contributed by atoms with van der Waals surface area (Å²) in [5.74, 6) is -0.363. The maximum atomic E-state index is 12.5. The van der Waals surface area contributed by atoms with E-state index >= 15 is 0 Å². The Balaban J connectivity index is 1.45. The van der Waals surface area contributed by atoms with E-state index in [1.165, 1.54) is 6.07 Å². The Morgan fingerprint density at radius 2 is 1.63 bits per heavy atom. The first-order valence-corrected chi connectivity index (χ1v) is 12.4. The molecule has 0 spiro atoms. The molecule has 41 heavy (non-hydrogen) atoms. The number of nitrogens with one attached hydrogen (secondary N) is 1. The molecule has 3 aromatic heterocycles. The van der Waals surface area contributed by atoms with Crippen molar-refractivity contribution in [1.29, 1.82) is 0 Å². The molecule has 1 saturated heterocycles. The second-order valence-electron chi connectivity index (χ2n) is 9.97. The van der Waals surface area contributed by atoms with E-state index in [0.29, 0.717) is 33.1 Å². The van der Waals surface area contributed by atoms with Crippen LogP contribution in [0.5, 0.6) is 0 Å². The number of carbonyl (C=O) groups is 1. The summed E-state index contributed by atoms with van der Waals surface area (Å²) in [6, 6.07) is 17.1. The van der Waals surface area contributed by atoms with E-state index in [0.717, 1.165) is 10.9 Å². The third kappa shape index (κ3) is 5.18. The number of hydrogen-bond donors (Lipinski definition) is 3. The van der Waals surface area contributed by atoms with E-state index in [-0.39, 0.29) is 18.3 Å². The van der Waals surface area contributed by atoms with Crippen LogP contribution in [0.1, 0.15) is 21.6 Å². The Morgan fingerprint density at radius 3 is 2.34 bits per heavy atom. The van der Waals surface area contributed by atoms with Crippen LogP contribution in [0.25, 0.3) is 22.3 Å². The van der Waals surface area contributed by atoms with Crippen molar-refractivity contribution in [1.82, 2.24) is 20.3 Å². The molecule has 5 rings (SSSR count). The lowest BCUT2D eigenvalue weighted by Crippen LogP contribution is -2.86. The van der Waals surface area contributed by atoms with Gasteiger partial charge in [-0.05, 0) is 60.1 Å². The predicted octanol–water partition coefficient (Wildman–Crippen LogP) is -0.622. The molecule has 4 heterocycles. The molecule has 9 nitrogen and oxygen atoms in total. The lowest BCUT2D eigenvalue weighted by molar-refractivity contribution is -0.259. The van der Waals surface area contributed by atoms with Gasteiger partial charge in [0.2, 0.25) is 0 Å². The molecule has 15 heteroatoms. The van der Waals surface area contributed by atoms with E-state index < -0.39 is 22.0 Å². The Hall–Kier alpha value is -3.53. The maximum absolute atomic E-state index is 12.5. The first-order valence-electron chi connectivity index (χ1n) is 12.4. The van der Waals surface area contributed by atoms with Gasteiger partial charge in [0.05, 0.1) is 44.8 Å². The Kier molecular flexibility index (Phi) is 7.12. The van der Waals surface area contributed by atoms with Crippen LogP contribution in [0.3, 0.4) is 0 Å². The van der Waals surface area contributed by atoms with Gasteiger partial charge in [-0.2, -0.15) is 0 Å². The predicted molar refractivity (Wildman–Crippen MR) is 159 cm³/mol. The molecular weight excluding hydrogens is 511 g/mol. The molecule has 1 aliphatic heterocycles. The van der Waals surface area contributed by atoms with Gasteiger partial charge in [0, 0.05) is 17.1 Å². The second kappa shape index (κ2) is 10.1. The second-order valence-corrected chi connectivity index (χ2v) is 9.97. The van der Waals surface area contributed by atoms with Gasteiger partial charge in [0.25, 0.3) is 5.91 Å². The third-order valence-corrected chi connectivity index (χ3v) is 6.79. The average Bonchev–Trinajstić information content (AvgIpc) is 2.90. The highest BCUT2D eigenvalue weighted by Gasteiger charge is 2.61. The number of benzene rings is 1.